The van der Waals surface area contributed by atoms with Crippen LogP contribution in [-0.4, -0.2) is 71.1 Å². The number of esters is 1. The van der Waals surface area contributed by atoms with Gasteiger partial charge in [0.05, 0.1) is 6.61 Å². The molecule has 192 valence electrons. The Morgan fingerprint density at radius 1 is 1.17 bits per heavy atom. The summed E-state index contributed by atoms with van der Waals surface area (Å²) >= 11 is 0. The van der Waals surface area contributed by atoms with Crippen molar-refractivity contribution in [1.29, 1.82) is 0 Å². The van der Waals surface area contributed by atoms with Crippen molar-refractivity contribution < 1.29 is 33.3 Å². The van der Waals surface area contributed by atoms with Crippen LogP contribution in [0.2, 0.25) is 0 Å². The molecule has 2 amide bonds. The summed E-state index contributed by atoms with van der Waals surface area (Å²) in [6.07, 6.45) is 0.345. The molecule has 0 spiro atoms. The van der Waals surface area contributed by atoms with Crippen LogP contribution in [0.3, 0.4) is 0 Å². The molecular formula is C23H27N5O8. The minimum absolute atomic E-state index is 0.0579. The molecule has 13 nitrogen and oxygen atoms in total. The maximum atomic E-state index is 12.6. The second-order valence-corrected chi connectivity index (χ2v) is 8.19. The number of nitrogens with one attached hydrogen (secondary N) is 1. The topological polar surface area (TPSA) is 164 Å². The highest BCUT2D eigenvalue weighted by Crippen LogP contribution is 2.20. The molecule has 2 saturated heterocycles. The number of nitrogens with two attached hydrogens (primary N) is 1. The Kier molecular flexibility index (Phi) is 8.13. The van der Waals surface area contributed by atoms with Crippen LogP contribution in [0.1, 0.15) is 24.6 Å². The summed E-state index contributed by atoms with van der Waals surface area (Å²) < 4.78 is 22.6. The first-order valence-corrected chi connectivity index (χ1v) is 11.4. The summed E-state index contributed by atoms with van der Waals surface area (Å²) in [7, 11) is 0. The van der Waals surface area contributed by atoms with E-state index in [-0.39, 0.29) is 32.2 Å². The van der Waals surface area contributed by atoms with E-state index in [2.05, 4.69) is 10.3 Å². The molecule has 2 aromatic rings. The van der Waals surface area contributed by atoms with E-state index < -0.39 is 42.2 Å². The number of anilines is 1. The van der Waals surface area contributed by atoms with E-state index in [9.17, 15) is 19.2 Å². The van der Waals surface area contributed by atoms with Gasteiger partial charge in [0, 0.05) is 12.7 Å². The normalized spacial score (nSPS) is 21.2. The second-order valence-electron chi connectivity index (χ2n) is 8.19. The summed E-state index contributed by atoms with van der Waals surface area (Å²) in [6.45, 7) is -0.0709. The van der Waals surface area contributed by atoms with Crippen LogP contribution < -0.4 is 16.7 Å². The van der Waals surface area contributed by atoms with Crippen LogP contribution in [0.15, 0.2) is 47.4 Å². The van der Waals surface area contributed by atoms with Crippen molar-refractivity contribution in [1.82, 2.24) is 19.8 Å². The zero-order chi connectivity index (χ0) is 25.5. The van der Waals surface area contributed by atoms with Gasteiger partial charge in [0.25, 0.3) is 0 Å². The van der Waals surface area contributed by atoms with Crippen molar-refractivity contribution in [3.63, 3.8) is 0 Å². The standard InChI is InChI=1S/C23H27N5O8/c24-17-8-10-28(22(31)26-17)18-13-34-20(36-18)14-33-19(29)11-25-21(30)16-7-4-9-27(16)23(32)35-12-15-5-2-1-3-6-15/h1-3,5-6,8,10,16,18,20H,4,7,9,11-14H2,(H,25,30)(H2,24,26,31)/t16-,18-,20-/m0/s1. The van der Waals surface area contributed by atoms with Gasteiger partial charge in [0.2, 0.25) is 5.91 Å². The number of carbonyl (C=O) groups is 3. The number of ether oxygens (including phenoxy) is 4. The monoisotopic (exact) mass is 501 g/mol. The van der Waals surface area contributed by atoms with Crippen molar-refractivity contribution in [3.8, 4) is 0 Å². The molecule has 0 aliphatic carbocycles. The molecule has 2 aliphatic rings. The lowest BCUT2D eigenvalue weighted by Gasteiger charge is -2.23. The molecule has 3 N–H and O–H groups in total. The number of rotatable bonds is 8. The van der Waals surface area contributed by atoms with Gasteiger partial charge in [-0.15, -0.1) is 0 Å². The van der Waals surface area contributed by atoms with Crippen molar-refractivity contribution in [2.75, 3.05) is 32.0 Å². The summed E-state index contributed by atoms with van der Waals surface area (Å²) in [6, 6.07) is 9.95. The molecule has 0 unspecified atom stereocenters. The van der Waals surface area contributed by atoms with Gasteiger partial charge in [-0.1, -0.05) is 30.3 Å². The van der Waals surface area contributed by atoms with Crippen molar-refractivity contribution in [2.24, 2.45) is 0 Å². The fraction of sp³-hybridized carbons (Fsp3) is 0.435. The van der Waals surface area contributed by atoms with Crippen molar-refractivity contribution in [3.05, 3.63) is 58.6 Å². The third-order valence-electron chi connectivity index (χ3n) is 5.68. The summed E-state index contributed by atoms with van der Waals surface area (Å²) in [5.74, 6) is -1.08. The van der Waals surface area contributed by atoms with Crippen LogP contribution >= 0.6 is 0 Å². The first kappa shape index (κ1) is 25.1. The van der Waals surface area contributed by atoms with Gasteiger partial charge < -0.3 is 30.0 Å². The molecule has 3 heterocycles. The van der Waals surface area contributed by atoms with E-state index in [1.54, 1.807) is 0 Å². The molecule has 2 fully saturated rings. The van der Waals surface area contributed by atoms with E-state index in [1.807, 2.05) is 30.3 Å². The number of hydrogen-bond donors (Lipinski definition) is 2. The minimum Gasteiger partial charge on any atom is -0.459 e. The second kappa shape index (κ2) is 11.6. The largest absolute Gasteiger partial charge is 0.459 e. The van der Waals surface area contributed by atoms with E-state index in [1.165, 1.54) is 21.7 Å². The van der Waals surface area contributed by atoms with Gasteiger partial charge in [-0.05, 0) is 24.5 Å². The van der Waals surface area contributed by atoms with Crippen LogP contribution in [0.4, 0.5) is 10.6 Å². The Bertz CT molecular complexity index is 1140. The molecule has 0 radical (unpaired) electrons. The number of hydrogen-bond acceptors (Lipinski definition) is 10. The predicted molar refractivity (Wildman–Crippen MR) is 123 cm³/mol. The summed E-state index contributed by atoms with van der Waals surface area (Å²) in [5.41, 5.74) is 5.72. The third-order valence-corrected chi connectivity index (χ3v) is 5.68. The first-order valence-electron chi connectivity index (χ1n) is 11.4. The lowest BCUT2D eigenvalue weighted by molar-refractivity contribution is -0.158. The Labute approximate surface area is 206 Å². The Morgan fingerprint density at radius 3 is 2.75 bits per heavy atom. The van der Waals surface area contributed by atoms with Crippen LogP contribution in [0, 0.1) is 0 Å². The first-order chi connectivity index (χ1) is 17.4. The quantitative estimate of drug-likeness (QED) is 0.476. The maximum Gasteiger partial charge on any atom is 0.410 e. The Balaban J connectivity index is 1.18. The SMILES string of the molecule is Nc1ccn([C@@H]2CO[C@H](COC(=O)CNC(=O)[C@@H]3CCCN3C(=O)OCc3ccccc3)O2)c(=O)n1. The molecular weight excluding hydrogens is 474 g/mol. The van der Waals surface area contributed by atoms with E-state index >= 15 is 0 Å². The van der Waals surface area contributed by atoms with Gasteiger partial charge in [0.1, 0.15) is 31.6 Å². The zero-order valence-corrected chi connectivity index (χ0v) is 19.4. The van der Waals surface area contributed by atoms with Gasteiger partial charge in [0.15, 0.2) is 12.5 Å². The molecule has 2 aliphatic heterocycles. The molecule has 1 aromatic carbocycles. The van der Waals surface area contributed by atoms with Gasteiger partial charge in [-0.2, -0.15) is 4.98 Å². The maximum absolute atomic E-state index is 12.6. The molecule has 0 bridgehead atoms. The lowest BCUT2D eigenvalue weighted by atomic mass is 10.2. The smallest absolute Gasteiger partial charge is 0.410 e. The Hall–Kier alpha value is -3.97. The average Bonchev–Trinajstić information content (AvgIpc) is 3.55. The fourth-order valence-electron chi connectivity index (χ4n) is 3.87. The number of likely N-dealkylation sites (tertiary alicyclic amines) is 1. The summed E-state index contributed by atoms with van der Waals surface area (Å²) in [5, 5.41) is 2.50. The number of aromatic nitrogens is 2. The van der Waals surface area contributed by atoms with Gasteiger partial charge >= 0.3 is 17.8 Å². The minimum atomic E-state index is -0.885. The number of carbonyl (C=O) groups excluding carboxylic acids is 3. The molecule has 1 aromatic heterocycles. The zero-order valence-electron chi connectivity index (χ0n) is 19.4. The highest BCUT2D eigenvalue weighted by atomic mass is 16.7. The number of nitrogens with zero attached hydrogens (tertiary/aromatic N) is 3. The van der Waals surface area contributed by atoms with Gasteiger partial charge in [-0.3, -0.25) is 19.1 Å². The highest BCUT2D eigenvalue weighted by molar-refractivity contribution is 5.88. The van der Waals surface area contributed by atoms with E-state index in [0.717, 1.165) is 5.56 Å². The average molecular weight is 501 g/mol. The van der Waals surface area contributed by atoms with Gasteiger partial charge in [-0.25, -0.2) is 9.59 Å². The molecule has 0 saturated carbocycles. The van der Waals surface area contributed by atoms with Crippen molar-refractivity contribution >= 4 is 23.8 Å². The molecule has 36 heavy (non-hydrogen) atoms. The highest BCUT2D eigenvalue weighted by Gasteiger charge is 2.35. The number of amides is 2. The molecule has 13 heteroatoms. The molecule has 3 atom stereocenters. The van der Waals surface area contributed by atoms with Crippen LogP contribution in [0.5, 0.6) is 0 Å². The molecule has 4 rings (SSSR count). The fourth-order valence-corrected chi connectivity index (χ4v) is 3.87. The predicted octanol–water partition coefficient (Wildman–Crippen LogP) is 0.158. The van der Waals surface area contributed by atoms with Crippen molar-refractivity contribution in [2.45, 2.75) is 38.0 Å². The van der Waals surface area contributed by atoms with E-state index in [0.29, 0.717) is 19.4 Å². The summed E-state index contributed by atoms with van der Waals surface area (Å²) in [4.78, 5) is 54.0. The van der Waals surface area contributed by atoms with E-state index in [4.69, 9.17) is 24.7 Å². The van der Waals surface area contributed by atoms with Crippen LogP contribution in [-0.2, 0) is 35.1 Å². The van der Waals surface area contributed by atoms with Crippen LogP contribution in [0.25, 0.3) is 0 Å². The Morgan fingerprint density at radius 2 is 1.97 bits per heavy atom. The number of nitrogen functional groups attached to an aromatic ring is 1. The third kappa shape index (κ3) is 6.37. The lowest BCUT2D eigenvalue weighted by Crippen LogP contribution is -2.47. The number of benzene rings is 1.